The molecule has 0 aliphatic carbocycles. The van der Waals surface area contributed by atoms with E-state index in [1.165, 1.54) is 14.0 Å². The van der Waals surface area contributed by atoms with E-state index in [4.69, 9.17) is 5.11 Å². The van der Waals surface area contributed by atoms with Gasteiger partial charge in [0.15, 0.2) is 6.16 Å². The Balaban J connectivity index is 3.66. The number of rotatable bonds is 5. The second-order valence-corrected chi connectivity index (χ2v) is 3.91. The van der Waals surface area contributed by atoms with E-state index >= 15 is 0 Å². The van der Waals surface area contributed by atoms with Gasteiger partial charge in [0.1, 0.15) is 0 Å². The Kier molecular flexibility index (Phi) is 4.99. The third kappa shape index (κ3) is 4.87. The summed E-state index contributed by atoms with van der Waals surface area (Å²) in [6, 6.07) is 0. The maximum atomic E-state index is 10.9. The molecule has 0 heterocycles. The molecular formula is C6H12O4P+. The minimum atomic E-state index is -1.51. The summed E-state index contributed by atoms with van der Waals surface area (Å²) in [5.74, 6) is -1.46. The summed E-state index contributed by atoms with van der Waals surface area (Å²) in [5.41, 5.74) is 0. The van der Waals surface area contributed by atoms with Crippen LogP contribution in [0.15, 0.2) is 0 Å². The highest BCUT2D eigenvalue weighted by atomic mass is 31.1. The number of ether oxygens (including phenoxy) is 1. The van der Waals surface area contributed by atoms with Gasteiger partial charge < -0.3 is 9.84 Å². The van der Waals surface area contributed by atoms with E-state index in [1.807, 2.05) is 0 Å². The van der Waals surface area contributed by atoms with Crippen molar-refractivity contribution in [3.8, 4) is 0 Å². The third-order valence-corrected chi connectivity index (χ3v) is 2.67. The van der Waals surface area contributed by atoms with Crippen molar-refractivity contribution in [3.63, 3.8) is 0 Å². The molecule has 4 nitrogen and oxygen atoms in total. The maximum absolute atomic E-state index is 10.9. The number of carbonyl (C=O) groups is 1. The van der Waals surface area contributed by atoms with Gasteiger partial charge in [-0.3, -0.25) is 4.79 Å². The highest BCUT2D eigenvalue weighted by Gasteiger charge is 2.23. The summed E-state index contributed by atoms with van der Waals surface area (Å²) in [7, 11) is -0.0625. The van der Waals surface area contributed by atoms with Crippen LogP contribution in [0.3, 0.4) is 0 Å². The van der Waals surface area contributed by atoms with Gasteiger partial charge in [-0.15, -0.1) is 0 Å². The van der Waals surface area contributed by atoms with E-state index in [0.717, 1.165) is 0 Å². The molecule has 0 aliphatic rings. The van der Waals surface area contributed by atoms with Gasteiger partial charge in [-0.25, -0.2) is 0 Å². The Morgan fingerprint density at radius 2 is 2.27 bits per heavy atom. The maximum Gasteiger partial charge on any atom is 0.367 e. The quantitative estimate of drug-likeness (QED) is 0.642. The lowest BCUT2D eigenvalue weighted by Gasteiger charge is -1.95. The van der Waals surface area contributed by atoms with E-state index < -0.39 is 19.7 Å². The van der Waals surface area contributed by atoms with Gasteiger partial charge in [-0.05, 0) is 6.92 Å². The summed E-state index contributed by atoms with van der Waals surface area (Å²) in [5, 5.41) is 8.43. The number of carboxylic acid groups (broad SMARTS) is 1. The minimum absolute atomic E-state index is 0.146. The van der Waals surface area contributed by atoms with Gasteiger partial charge in [0.2, 0.25) is 6.35 Å². The van der Waals surface area contributed by atoms with Crippen molar-refractivity contribution in [2.24, 2.45) is 5.92 Å². The van der Waals surface area contributed by atoms with Crippen LogP contribution in [0.1, 0.15) is 6.92 Å². The number of aliphatic carboxylic acids is 1. The zero-order chi connectivity index (χ0) is 8.85. The molecule has 0 rings (SSSR count). The van der Waals surface area contributed by atoms with Crippen LogP contribution in [-0.4, -0.2) is 30.7 Å². The van der Waals surface area contributed by atoms with Gasteiger partial charge in [-0.2, -0.15) is 0 Å². The highest BCUT2D eigenvalue weighted by molar-refractivity contribution is 7.44. The summed E-state index contributed by atoms with van der Waals surface area (Å²) < 4.78 is 15.5. The van der Waals surface area contributed by atoms with Crippen LogP contribution in [0.5, 0.6) is 0 Å². The number of methoxy groups -OCH3 is 1. The lowest BCUT2D eigenvalue weighted by atomic mass is 10.2. The summed E-state index contributed by atoms with van der Waals surface area (Å²) in [4.78, 5) is 10.3. The van der Waals surface area contributed by atoms with E-state index in [-0.39, 0.29) is 12.5 Å². The van der Waals surface area contributed by atoms with E-state index in [0.29, 0.717) is 0 Å². The smallest absolute Gasteiger partial charge is 0.367 e. The van der Waals surface area contributed by atoms with Crippen LogP contribution in [0.2, 0.25) is 0 Å². The van der Waals surface area contributed by atoms with Crippen molar-refractivity contribution in [3.05, 3.63) is 0 Å². The van der Waals surface area contributed by atoms with Crippen molar-refractivity contribution >= 4 is 13.8 Å². The van der Waals surface area contributed by atoms with Crippen molar-refractivity contribution in [2.45, 2.75) is 6.92 Å². The first-order valence-corrected chi connectivity index (χ1v) is 4.84. The fourth-order valence-electron chi connectivity index (χ4n) is 0.580. The first-order valence-electron chi connectivity index (χ1n) is 3.21. The SMILES string of the molecule is COC[P+](=O)CC(C)C(=O)O. The van der Waals surface area contributed by atoms with Gasteiger partial charge in [0.05, 0.1) is 5.92 Å². The van der Waals surface area contributed by atoms with E-state index in [1.54, 1.807) is 0 Å². The van der Waals surface area contributed by atoms with Crippen LogP contribution in [-0.2, 0) is 14.1 Å². The molecule has 0 saturated carbocycles. The lowest BCUT2D eigenvalue weighted by molar-refractivity contribution is -0.140. The second-order valence-electron chi connectivity index (χ2n) is 2.32. The van der Waals surface area contributed by atoms with Crippen molar-refractivity contribution in [2.75, 3.05) is 19.6 Å². The summed E-state index contributed by atoms with van der Waals surface area (Å²) >= 11 is 0. The molecule has 0 spiro atoms. The van der Waals surface area contributed by atoms with Crippen molar-refractivity contribution in [1.29, 1.82) is 0 Å². The first-order chi connectivity index (χ1) is 5.07. The molecule has 11 heavy (non-hydrogen) atoms. The molecule has 1 N–H and O–H groups in total. The molecule has 0 aromatic rings. The van der Waals surface area contributed by atoms with Gasteiger partial charge >= 0.3 is 13.8 Å². The highest BCUT2D eigenvalue weighted by Crippen LogP contribution is 2.23. The van der Waals surface area contributed by atoms with Crippen LogP contribution < -0.4 is 0 Å². The average Bonchev–Trinajstić information content (AvgIpc) is 1.87. The first kappa shape index (κ1) is 10.5. The molecular weight excluding hydrogens is 167 g/mol. The number of hydrogen-bond acceptors (Lipinski definition) is 3. The molecule has 0 aromatic heterocycles. The summed E-state index contributed by atoms with van der Waals surface area (Å²) in [6.45, 7) is 1.53. The fraction of sp³-hybridized carbons (Fsp3) is 0.833. The molecule has 0 fully saturated rings. The van der Waals surface area contributed by atoms with Crippen LogP contribution >= 0.6 is 7.80 Å². The predicted molar refractivity (Wildman–Crippen MR) is 41.1 cm³/mol. The Bertz CT molecular complexity index is 157. The zero-order valence-corrected chi connectivity index (χ0v) is 7.51. The number of hydrogen-bond donors (Lipinski definition) is 1. The Hall–Kier alpha value is -0.470. The molecule has 0 amide bonds. The number of carboxylic acids is 1. The lowest BCUT2D eigenvalue weighted by Crippen LogP contribution is -2.12. The van der Waals surface area contributed by atoms with Crippen LogP contribution in [0, 0.1) is 5.92 Å². The minimum Gasteiger partial charge on any atom is -0.481 e. The van der Waals surface area contributed by atoms with Crippen molar-refractivity contribution < 1.29 is 19.2 Å². The largest absolute Gasteiger partial charge is 0.481 e. The molecule has 0 aromatic carbocycles. The third-order valence-electron chi connectivity index (χ3n) is 1.17. The molecule has 0 aliphatic heterocycles. The fourth-order valence-corrected chi connectivity index (χ4v) is 1.74. The molecule has 0 radical (unpaired) electrons. The molecule has 5 heteroatoms. The Morgan fingerprint density at radius 3 is 2.64 bits per heavy atom. The standard InChI is InChI=1S/C6H11O4P/c1-5(6(7)8)3-11(9)4-10-2/h5H,3-4H2,1-2H3/p+1. The van der Waals surface area contributed by atoms with Gasteiger partial charge in [0, 0.05) is 7.11 Å². The predicted octanol–water partition coefficient (Wildman–Crippen LogP) is 1.14. The molecule has 2 unspecified atom stereocenters. The topological polar surface area (TPSA) is 63.6 Å². The monoisotopic (exact) mass is 179 g/mol. The van der Waals surface area contributed by atoms with Crippen molar-refractivity contribution in [1.82, 2.24) is 0 Å². The molecule has 64 valence electrons. The molecule has 0 saturated heterocycles. The van der Waals surface area contributed by atoms with E-state index in [9.17, 15) is 9.36 Å². The van der Waals surface area contributed by atoms with Gasteiger partial charge in [-0.1, -0.05) is 4.57 Å². The zero-order valence-electron chi connectivity index (χ0n) is 6.61. The normalized spacial score (nSPS) is 14.2. The van der Waals surface area contributed by atoms with Gasteiger partial charge in [0.25, 0.3) is 0 Å². The molecule has 0 bridgehead atoms. The average molecular weight is 179 g/mol. The van der Waals surface area contributed by atoms with Crippen LogP contribution in [0.25, 0.3) is 0 Å². The second kappa shape index (κ2) is 5.22. The summed E-state index contributed by atoms with van der Waals surface area (Å²) in [6.07, 6.45) is 0.339. The Morgan fingerprint density at radius 1 is 1.73 bits per heavy atom. The Labute approximate surface area is 66.3 Å². The van der Waals surface area contributed by atoms with Crippen LogP contribution in [0.4, 0.5) is 0 Å². The van der Waals surface area contributed by atoms with E-state index in [2.05, 4.69) is 4.74 Å². The molecule has 2 atom stereocenters.